The van der Waals surface area contributed by atoms with Crippen molar-refractivity contribution >= 4 is 46.4 Å². The number of nitrogens with zero attached hydrogens (tertiary/aromatic N) is 1. The molecule has 0 saturated heterocycles. The van der Waals surface area contributed by atoms with Gasteiger partial charge in [-0.2, -0.15) is 0 Å². The van der Waals surface area contributed by atoms with E-state index < -0.39 is 11.8 Å². The SMILES string of the molecule is CCOc1ccc(N2C(=O)C(Cl)=C(Nc3cccc(C(=O)Nc4ccc(OC)cc4)c3)C2=O)cc1. The molecule has 2 N–H and O–H groups in total. The third kappa shape index (κ3) is 5.12. The Labute approximate surface area is 207 Å². The summed E-state index contributed by atoms with van der Waals surface area (Å²) < 4.78 is 10.5. The molecule has 1 aliphatic rings. The lowest BCUT2D eigenvalue weighted by molar-refractivity contribution is -0.120. The van der Waals surface area contributed by atoms with Crippen LogP contribution in [0.2, 0.25) is 0 Å². The Hall–Kier alpha value is -4.30. The van der Waals surface area contributed by atoms with E-state index >= 15 is 0 Å². The van der Waals surface area contributed by atoms with Gasteiger partial charge in [0.1, 0.15) is 22.2 Å². The number of benzene rings is 3. The van der Waals surface area contributed by atoms with Crippen LogP contribution in [0.1, 0.15) is 17.3 Å². The van der Waals surface area contributed by atoms with Crippen LogP contribution in [0.15, 0.2) is 83.5 Å². The van der Waals surface area contributed by atoms with Gasteiger partial charge >= 0.3 is 0 Å². The summed E-state index contributed by atoms with van der Waals surface area (Å²) in [6, 6.07) is 20.0. The number of carbonyl (C=O) groups is 3. The van der Waals surface area contributed by atoms with Crippen LogP contribution in [-0.4, -0.2) is 31.4 Å². The van der Waals surface area contributed by atoms with Gasteiger partial charge in [0.25, 0.3) is 17.7 Å². The molecule has 0 aromatic heterocycles. The number of imide groups is 1. The van der Waals surface area contributed by atoms with E-state index in [0.29, 0.717) is 40.7 Å². The van der Waals surface area contributed by atoms with E-state index in [1.165, 1.54) is 0 Å². The minimum absolute atomic E-state index is 0.0711. The summed E-state index contributed by atoms with van der Waals surface area (Å²) >= 11 is 6.22. The number of amides is 3. The predicted molar refractivity (Wildman–Crippen MR) is 134 cm³/mol. The minimum Gasteiger partial charge on any atom is -0.497 e. The van der Waals surface area contributed by atoms with Gasteiger partial charge in [-0.25, -0.2) is 4.90 Å². The van der Waals surface area contributed by atoms with Crippen molar-refractivity contribution in [1.29, 1.82) is 0 Å². The molecule has 3 aromatic carbocycles. The quantitative estimate of drug-likeness (QED) is 0.440. The molecule has 0 atom stereocenters. The zero-order valence-electron chi connectivity index (χ0n) is 19.0. The number of halogens is 1. The zero-order valence-corrected chi connectivity index (χ0v) is 19.8. The summed E-state index contributed by atoms with van der Waals surface area (Å²) in [5, 5.41) is 5.45. The van der Waals surface area contributed by atoms with Gasteiger partial charge in [-0.05, 0) is 73.7 Å². The van der Waals surface area contributed by atoms with E-state index in [9.17, 15) is 14.4 Å². The molecule has 0 spiro atoms. The zero-order chi connectivity index (χ0) is 24.9. The first-order valence-electron chi connectivity index (χ1n) is 10.7. The predicted octanol–water partition coefficient (Wildman–Crippen LogP) is 4.78. The van der Waals surface area contributed by atoms with Gasteiger partial charge in [0, 0.05) is 16.9 Å². The molecule has 178 valence electrons. The summed E-state index contributed by atoms with van der Waals surface area (Å²) in [6.45, 7) is 2.36. The topological polar surface area (TPSA) is 97.0 Å². The summed E-state index contributed by atoms with van der Waals surface area (Å²) in [4.78, 5) is 39.4. The lowest BCUT2D eigenvalue weighted by atomic mass is 10.1. The number of rotatable bonds is 8. The van der Waals surface area contributed by atoms with Crippen molar-refractivity contribution in [3.63, 3.8) is 0 Å². The summed E-state index contributed by atoms with van der Waals surface area (Å²) in [6.07, 6.45) is 0. The second-order valence-corrected chi connectivity index (χ2v) is 7.83. The third-order valence-corrected chi connectivity index (χ3v) is 5.53. The molecule has 1 aliphatic heterocycles. The third-order valence-electron chi connectivity index (χ3n) is 5.18. The molecule has 0 radical (unpaired) electrons. The van der Waals surface area contributed by atoms with E-state index in [1.807, 2.05) is 6.92 Å². The average Bonchev–Trinajstić information content (AvgIpc) is 3.08. The maximum Gasteiger partial charge on any atom is 0.283 e. The van der Waals surface area contributed by atoms with Gasteiger partial charge in [-0.15, -0.1) is 0 Å². The van der Waals surface area contributed by atoms with Crippen LogP contribution in [0.25, 0.3) is 0 Å². The maximum absolute atomic E-state index is 13.0. The molecule has 0 fully saturated rings. The molecule has 1 heterocycles. The molecule has 0 unspecified atom stereocenters. The van der Waals surface area contributed by atoms with Gasteiger partial charge in [-0.3, -0.25) is 14.4 Å². The highest BCUT2D eigenvalue weighted by molar-refractivity contribution is 6.53. The van der Waals surface area contributed by atoms with E-state index in [2.05, 4.69) is 10.6 Å². The summed E-state index contributed by atoms with van der Waals surface area (Å²) in [5.41, 5.74) is 1.67. The molecular weight excluding hydrogens is 470 g/mol. The number of methoxy groups -OCH3 is 1. The molecular formula is C26H22ClN3O5. The van der Waals surface area contributed by atoms with Crippen molar-refractivity contribution in [2.45, 2.75) is 6.92 Å². The number of nitrogens with one attached hydrogen (secondary N) is 2. The molecule has 4 rings (SSSR count). The normalized spacial score (nSPS) is 13.2. The Balaban J connectivity index is 1.49. The molecule has 3 amide bonds. The highest BCUT2D eigenvalue weighted by Gasteiger charge is 2.39. The van der Waals surface area contributed by atoms with Gasteiger partial charge in [-0.1, -0.05) is 17.7 Å². The molecule has 0 aliphatic carbocycles. The smallest absolute Gasteiger partial charge is 0.283 e. The van der Waals surface area contributed by atoms with Gasteiger partial charge in [0.15, 0.2) is 0 Å². The first kappa shape index (κ1) is 23.8. The van der Waals surface area contributed by atoms with Crippen molar-refractivity contribution in [2.75, 3.05) is 29.3 Å². The molecule has 8 nitrogen and oxygen atoms in total. The fourth-order valence-corrected chi connectivity index (χ4v) is 3.68. The van der Waals surface area contributed by atoms with Gasteiger partial charge in [0.05, 0.1) is 19.4 Å². The van der Waals surface area contributed by atoms with Crippen LogP contribution in [0.4, 0.5) is 17.1 Å². The molecule has 0 bridgehead atoms. The monoisotopic (exact) mass is 491 g/mol. The van der Waals surface area contributed by atoms with Crippen LogP contribution in [0, 0.1) is 0 Å². The van der Waals surface area contributed by atoms with Gasteiger partial charge < -0.3 is 20.1 Å². The first-order chi connectivity index (χ1) is 16.9. The molecule has 0 saturated carbocycles. The van der Waals surface area contributed by atoms with Crippen molar-refractivity contribution in [1.82, 2.24) is 0 Å². The van der Waals surface area contributed by atoms with Crippen LogP contribution in [0.3, 0.4) is 0 Å². The van der Waals surface area contributed by atoms with E-state index in [-0.39, 0.29) is 16.6 Å². The van der Waals surface area contributed by atoms with E-state index in [4.69, 9.17) is 21.1 Å². The fourth-order valence-electron chi connectivity index (χ4n) is 3.46. The highest BCUT2D eigenvalue weighted by Crippen LogP contribution is 2.31. The van der Waals surface area contributed by atoms with Crippen LogP contribution in [0.5, 0.6) is 11.5 Å². The van der Waals surface area contributed by atoms with Crippen molar-refractivity contribution < 1.29 is 23.9 Å². The number of hydrogen-bond acceptors (Lipinski definition) is 6. The second-order valence-electron chi connectivity index (χ2n) is 7.45. The Morgan fingerprint density at radius 3 is 2.26 bits per heavy atom. The molecule has 3 aromatic rings. The van der Waals surface area contributed by atoms with E-state index in [1.54, 1.807) is 79.9 Å². The lowest BCUT2D eigenvalue weighted by Crippen LogP contribution is -2.32. The Bertz CT molecular complexity index is 1300. The number of ether oxygens (including phenoxy) is 2. The standard InChI is InChI=1S/C26H22ClN3O5/c1-3-35-21-13-9-19(10-14-21)30-25(32)22(27)23(26(30)33)28-18-6-4-5-16(15-18)24(31)29-17-7-11-20(34-2)12-8-17/h4-15,28H,3H2,1-2H3,(H,29,31). The first-order valence-corrected chi connectivity index (χ1v) is 11.1. The van der Waals surface area contributed by atoms with Crippen LogP contribution in [-0.2, 0) is 9.59 Å². The number of carbonyl (C=O) groups excluding carboxylic acids is 3. The summed E-state index contributed by atoms with van der Waals surface area (Å²) in [5.74, 6) is -0.287. The molecule has 9 heteroatoms. The lowest BCUT2D eigenvalue weighted by Gasteiger charge is -2.16. The largest absolute Gasteiger partial charge is 0.497 e. The highest BCUT2D eigenvalue weighted by atomic mass is 35.5. The Kier molecular flexibility index (Phi) is 7.03. The number of hydrogen-bond donors (Lipinski definition) is 2. The van der Waals surface area contributed by atoms with Crippen LogP contribution < -0.4 is 25.0 Å². The average molecular weight is 492 g/mol. The van der Waals surface area contributed by atoms with Crippen molar-refractivity contribution in [3.05, 3.63) is 89.1 Å². The Morgan fingerprint density at radius 1 is 0.914 bits per heavy atom. The van der Waals surface area contributed by atoms with Crippen molar-refractivity contribution in [3.8, 4) is 11.5 Å². The Morgan fingerprint density at radius 2 is 1.60 bits per heavy atom. The fraction of sp³-hybridized carbons (Fsp3) is 0.115. The van der Waals surface area contributed by atoms with Crippen molar-refractivity contribution in [2.24, 2.45) is 0 Å². The minimum atomic E-state index is -0.642. The van der Waals surface area contributed by atoms with Crippen LogP contribution >= 0.6 is 11.6 Å². The van der Waals surface area contributed by atoms with E-state index in [0.717, 1.165) is 4.90 Å². The maximum atomic E-state index is 13.0. The number of anilines is 3. The summed E-state index contributed by atoms with van der Waals surface area (Å²) in [7, 11) is 1.56. The molecule has 35 heavy (non-hydrogen) atoms. The van der Waals surface area contributed by atoms with Gasteiger partial charge in [0.2, 0.25) is 0 Å². The second kappa shape index (κ2) is 10.3.